The van der Waals surface area contributed by atoms with E-state index in [1.54, 1.807) is 11.4 Å². The maximum absolute atomic E-state index is 14.1. The van der Waals surface area contributed by atoms with Gasteiger partial charge in [-0.1, -0.05) is 0 Å². The molecule has 0 saturated carbocycles. The van der Waals surface area contributed by atoms with E-state index < -0.39 is 66.6 Å². The number of alkyl halides is 3. The molecule has 2 aromatic rings. The van der Waals surface area contributed by atoms with Crippen LogP contribution in [-0.4, -0.2) is 42.8 Å². The van der Waals surface area contributed by atoms with Crippen LogP contribution < -0.4 is 0 Å². The van der Waals surface area contributed by atoms with Crippen LogP contribution in [0.4, 0.5) is 17.6 Å². The van der Waals surface area contributed by atoms with Gasteiger partial charge in [0, 0.05) is 0 Å². The van der Waals surface area contributed by atoms with Crippen molar-refractivity contribution in [2.45, 2.75) is 17.6 Å². The van der Waals surface area contributed by atoms with Gasteiger partial charge < -0.3 is 0 Å². The number of hydrogen-bond acceptors (Lipinski definition) is 4. The Morgan fingerprint density at radius 3 is 2.41 bits per heavy atom. The fraction of sp³-hybridized carbons (Fsp3) is 0.188. The molecule has 0 fully saturated rings. The molecule has 1 heterocycles. The molecule has 1 aromatic carbocycles. The molecule has 0 aliphatic rings. The second-order valence-electron chi connectivity index (χ2n) is 5.47. The van der Waals surface area contributed by atoms with Crippen LogP contribution in [0.2, 0.25) is 16.4 Å². The molecular weight excluding hydrogens is 457 g/mol. The van der Waals surface area contributed by atoms with Crippen LogP contribution in [0.1, 0.15) is 16.1 Å². The van der Waals surface area contributed by atoms with Crippen LogP contribution in [0.15, 0.2) is 27.6 Å². The number of rotatable bonds is 5. The molecule has 27 heavy (non-hydrogen) atoms. The number of allylic oxidation sites excluding steroid dienone is 1. The molecule has 1 aromatic heterocycles. The Morgan fingerprint density at radius 2 is 1.93 bits per heavy atom. The first-order chi connectivity index (χ1) is 12.4. The van der Waals surface area contributed by atoms with E-state index in [0.29, 0.717) is 0 Å². The molecular formula is C16H11AsClF4NO4. The van der Waals surface area contributed by atoms with E-state index in [0.717, 1.165) is 10.9 Å². The van der Waals surface area contributed by atoms with Crippen molar-refractivity contribution < 1.29 is 36.8 Å². The number of benzene rings is 1. The van der Waals surface area contributed by atoms with E-state index in [1.807, 2.05) is 0 Å². The summed E-state index contributed by atoms with van der Waals surface area (Å²) in [6.07, 6.45) is -5.26. The first-order valence-electron chi connectivity index (χ1n) is 7.12. The van der Waals surface area contributed by atoms with Crippen molar-refractivity contribution in [2.24, 2.45) is 0 Å². The van der Waals surface area contributed by atoms with Crippen LogP contribution in [0.3, 0.4) is 0 Å². The van der Waals surface area contributed by atoms with Gasteiger partial charge in [-0.25, -0.2) is 0 Å². The summed E-state index contributed by atoms with van der Waals surface area (Å²) in [5.41, 5.74) is 0.364. The predicted octanol–water partition coefficient (Wildman–Crippen LogP) is 4.64. The number of halogens is 5. The van der Waals surface area contributed by atoms with Crippen molar-refractivity contribution in [2.75, 3.05) is 0 Å². The fourth-order valence-corrected chi connectivity index (χ4v) is 4.03. The summed E-state index contributed by atoms with van der Waals surface area (Å²) >= 11 is 3.89. The van der Waals surface area contributed by atoms with Gasteiger partial charge in [-0.3, -0.25) is 0 Å². The van der Waals surface area contributed by atoms with Crippen molar-refractivity contribution in [3.63, 3.8) is 0 Å². The Balaban J connectivity index is 2.80. The molecule has 0 aliphatic carbocycles. The van der Waals surface area contributed by atoms with E-state index in [4.69, 9.17) is 16.1 Å². The van der Waals surface area contributed by atoms with Crippen molar-refractivity contribution in [3.05, 3.63) is 45.2 Å². The predicted molar refractivity (Wildman–Crippen MR) is 90.4 cm³/mol. The molecule has 0 atom stereocenters. The molecule has 11 heteroatoms. The zero-order valence-electron chi connectivity index (χ0n) is 13.8. The van der Waals surface area contributed by atoms with Gasteiger partial charge in [0.05, 0.1) is 0 Å². The van der Waals surface area contributed by atoms with E-state index in [1.165, 1.54) is 12.1 Å². The maximum atomic E-state index is 14.1. The number of nitrogens with zero attached hydrogens (tertiary/aromatic N) is 1. The minimum absolute atomic E-state index is 0.219. The number of carbonyl (C=O) groups is 2. The van der Waals surface area contributed by atoms with Crippen LogP contribution in [0, 0.1) is 5.82 Å². The molecule has 5 nitrogen and oxygen atoms in total. The fourth-order valence-electron chi connectivity index (χ4n) is 2.20. The topological polar surface area (TPSA) is 80.4 Å². The molecule has 1 N–H and O–H groups in total. The Morgan fingerprint density at radius 1 is 1.30 bits per heavy atom. The molecule has 0 bridgehead atoms. The van der Waals surface area contributed by atoms with E-state index in [9.17, 15) is 32.3 Å². The van der Waals surface area contributed by atoms with Gasteiger partial charge in [-0.05, 0) is 0 Å². The minimum atomic E-state index is -5.26. The number of Topliss-reactive ketones (excluding diaryl/α,β-unsaturated/α-hetero) is 1. The van der Waals surface area contributed by atoms with Crippen LogP contribution in [0.25, 0.3) is 16.8 Å². The Labute approximate surface area is 159 Å². The summed E-state index contributed by atoms with van der Waals surface area (Å²) in [6, 6.07) is 3.48. The molecule has 144 valence electrons. The van der Waals surface area contributed by atoms with Gasteiger partial charge in [0.2, 0.25) is 0 Å². The molecule has 0 amide bonds. The third-order valence-electron chi connectivity index (χ3n) is 3.24. The average Bonchev–Trinajstić information content (AvgIpc) is 2.95. The quantitative estimate of drug-likeness (QED) is 0.394. The van der Waals surface area contributed by atoms with Gasteiger partial charge >= 0.3 is 160 Å². The van der Waals surface area contributed by atoms with Crippen molar-refractivity contribution in [3.8, 4) is 11.3 Å². The van der Waals surface area contributed by atoms with Crippen molar-refractivity contribution in [1.82, 2.24) is 5.16 Å². The van der Waals surface area contributed by atoms with Gasteiger partial charge in [-0.15, -0.1) is 0 Å². The number of hydrogen-bond donors (Lipinski definition) is 1. The van der Waals surface area contributed by atoms with Crippen LogP contribution in [-0.2, 0) is 4.79 Å². The van der Waals surface area contributed by atoms with E-state index in [2.05, 4.69) is 5.16 Å². The molecule has 0 radical (unpaired) electrons. The normalized spacial score (nSPS) is 12.5. The Hall–Kier alpha value is -2.12. The van der Waals surface area contributed by atoms with Crippen LogP contribution in [0.5, 0.6) is 0 Å². The first-order valence-corrected chi connectivity index (χ1v) is 12.3. The van der Waals surface area contributed by atoms with E-state index in [-0.39, 0.29) is 5.02 Å². The van der Waals surface area contributed by atoms with Gasteiger partial charge in [0.15, 0.2) is 0 Å². The van der Waals surface area contributed by atoms with Crippen molar-refractivity contribution in [1.29, 1.82) is 0 Å². The molecule has 0 saturated heterocycles. The summed E-state index contributed by atoms with van der Waals surface area (Å²) in [5.74, 6) is -5.85. The summed E-state index contributed by atoms with van der Waals surface area (Å²) in [5, 5.41) is 12.7. The zero-order valence-corrected chi connectivity index (χ0v) is 16.4. The second-order valence-corrected chi connectivity index (χ2v) is 10.5. The molecule has 2 rings (SSSR count). The molecule has 0 unspecified atom stereocenters. The third kappa shape index (κ3) is 4.42. The third-order valence-corrected chi connectivity index (χ3v) is 5.18. The number of carbonyl (C=O) groups excluding carboxylic acids is 1. The van der Waals surface area contributed by atoms with Gasteiger partial charge in [0.25, 0.3) is 0 Å². The second kappa shape index (κ2) is 7.86. The SMILES string of the molecule is C[As](C)C=C(C(=O)C(F)(F)F)c1onc(-c2c(F)cccc2Cl)c1C(=O)O. The van der Waals surface area contributed by atoms with Gasteiger partial charge in [0.1, 0.15) is 0 Å². The van der Waals surface area contributed by atoms with E-state index >= 15 is 0 Å². The molecule has 0 spiro atoms. The van der Waals surface area contributed by atoms with Crippen LogP contribution >= 0.6 is 11.6 Å². The number of ketones is 1. The Bertz CT molecular complexity index is 917. The van der Waals surface area contributed by atoms with Crippen molar-refractivity contribution >= 4 is 43.6 Å². The first kappa shape index (κ1) is 21.2. The summed E-state index contributed by atoms with van der Waals surface area (Å²) in [7, 11) is 0. The standard InChI is InChI=1S/C16H11AsClF4NO4/c1-17(2)6-7(14(24)16(20,21)22)13-11(15(25)26)12(23-27-13)10-8(18)4-3-5-9(10)19/h3-6H,1-2H3,(H,25,26). The summed E-state index contributed by atoms with van der Waals surface area (Å²) < 4.78 is 57.8. The monoisotopic (exact) mass is 467 g/mol. The number of carboxylic acid groups (broad SMARTS) is 1. The number of carboxylic acids is 1. The Kier molecular flexibility index (Phi) is 6.17. The average molecular weight is 468 g/mol. The van der Waals surface area contributed by atoms with Gasteiger partial charge in [-0.2, -0.15) is 0 Å². The zero-order chi connectivity index (χ0) is 20.5. The molecule has 0 aliphatic heterocycles. The summed E-state index contributed by atoms with van der Waals surface area (Å²) in [4.78, 5) is 24.5. The number of aromatic carboxylic acids is 1. The number of aromatic nitrogens is 1. The summed E-state index contributed by atoms with van der Waals surface area (Å²) in [6.45, 7) is 0.